The second kappa shape index (κ2) is 6.70. The molecular formula is C17H19N3O3S. The molecule has 3 rings (SSSR count). The molecule has 0 amide bonds. The lowest BCUT2D eigenvalue weighted by Gasteiger charge is -2.13. The fraction of sp³-hybridized carbons (Fsp3) is 0.294. The molecule has 1 unspecified atom stereocenters. The number of hydrogen-bond acceptors (Lipinski definition) is 5. The molecule has 1 aromatic carbocycles. The summed E-state index contributed by atoms with van der Waals surface area (Å²) < 4.78 is 67.8. The third-order valence-corrected chi connectivity index (χ3v) is 4.78. The van der Waals surface area contributed by atoms with E-state index in [0.29, 0.717) is 16.8 Å². The fourth-order valence-electron chi connectivity index (χ4n) is 2.30. The minimum Gasteiger partial charge on any atom is -0.609 e. The van der Waals surface area contributed by atoms with Crippen molar-refractivity contribution in [2.24, 2.45) is 0 Å². The molecule has 24 heavy (non-hydrogen) atoms. The number of methoxy groups -OCH3 is 2. The Morgan fingerprint density at radius 3 is 3.00 bits per heavy atom. The lowest BCUT2D eigenvalue weighted by molar-refractivity contribution is 0.407. The topological polar surface area (TPSA) is 83.1 Å². The number of nitrogens with one attached hydrogen (secondary N) is 1. The van der Waals surface area contributed by atoms with Crippen LogP contribution < -0.4 is 9.47 Å². The molecule has 1 atom stereocenters. The number of ether oxygens (including phenoxy) is 2. The van der Waals surface area contributed by atoms with E-state index in [1.54, 1.807) is 18.2 Å². The standard InChI is InChI=1S/C17H19N3O3S/c1-10-8-18-15(11(2)16(10)23-4)9-24(21)17-19-13-6-5-12(22-3)7-14(13)20-17/h5-8H,9H2,1-4H3,(H,19,20)/i1D3,4D3. The Morgan fingerprint density at radius 1 is 1.38 bits per heavy atom. The second-order valence-electron chi connectivity index (χ2n) is 5.09. The molecule has 0 radical (unpaired) electrons. The smallest absolute Gasteiger partial charge is 0.322 e. The molecule has 0 aliphatic rings. The van der Waals surface area contributed by atoms with Crippen molar-refractivity contribution in [1.29, 1.82) is 0 Å². The van der Waals surface area contributed by atoms with Gasteiger partial charge in [0.05, 0.1) is 35.0 Å². The molecule has 2 aromatic heterocycles. The van der Waals surface area contributed by atoms with Gasteiger partial charge in [-0.1, -0.05) is 0 Å². The van der Waals surface area contributed by atoms with Gasteiger partial charge in [-0.3, -0.25) is 9.97 Å². The number of aromatic amines is 1. The zero-order valence-electron chi connectivity index (χ0n) is 19.0. The van der Waals surface area contributed by atoms with E-state index >= 15 is 0 Å². The predicted octanol–water partition coefficient (Wildman–Crippen LogP) is 2.90. The number of nitrogens with zero attached hydrogens (tertiary/aromatic N) is 2. The van der Waals surface area contributed by atoms with Gasteiger partial charge in [0.15, 0.2) is 5.75 Å². The normalized spacial score (nSPS) is 17.1. The van der Waals surface area contributed by atoms with Crippen molar-refractivity contribution >= 4 is 22.2 Å². The van der Waals surface area contributed by atoms with Crippen LogP contribution in [0.1, 0.15) is 25.0 Å². The molecule has 0 aliphatic heterocycles. The average Bonchev–Trinajstić information content (AvgIpc) is 3.06. The Morgan fingerprint density at radius 2 is 2.25 bits per heavy atom. The number of aromatic nitrogens is 3. The molecule has 0 bridgehead atoms. The third kappa shape index (κ3) is 3.05. The van der Waals surface area contributed by atoms with E-state index in [4.69, 9.17) is 17.7 Å². The maximum absolute atomic E-state index is 12.9. The van der Waals surface area contributed by atoms with Gasteiger partial charge in [-0.15, -0.1) is 0 Å². The fourth-order valence-corrected chi connectivity index (χ4v) is 3.40. The highest BCUT2D eigenvalue weighted by molar-refractivity contribution is 7.90. The van der Waals surface area contributed by atoms with Gasteiger partial charge in [0, 0.05) is 38.7 Å². The van der Waals surface area contributed by atoms with Crippen LogP contribution in [-0.2, 0) is 16.9 Å². The van der Waals surface area contributed by atoms with Crippen LogP contribution in [0.2, 0.25) is 0 Å². The zero-order chi connectivity index (χ0) is 22.3. The summed E-state index contributed by atoms with van der Waals surface area (Å²) in [4.78, 5) is 11.4. The van der Waals surface area contributed by atoms with Crippen molar-refractivity contribution < 1.29 is 22.3 Å². The number of pyridine rings is 1. The molecule has 7 heteroatoms. The molecule has 2 heterocycles. The van der Waals surface area contributed by atoms with E-state index in [2.05, 4.69) is 15.0 Å². The largest absolute Gasteiger partial charge is 0.609 e. The minimum atomic E-state index is -2.85. The highest BCUT2D eigenvalue weighted by Crippen LogP contribution is 2.27. The van der Waals surface area contributed by atoms with E-state index in [0.717, 1.165) is 6.20 Å². The number of aryl methyl sites for hydroxylation is 1. The summed E-state index contributed by atoms with van der Waals surface area (Å²) in [5.74, 6) is 0.198. The summed E-state index contributed by atoms with van der Waals surface area (Å²) in [6, 6.07) is 5.19. The van der Waals surface area contributed by atoms with E-state index < -0.39 is 25.1 Å². The molecule has 1 N–H and O–H groups in total. The minimum absolute atomic E-state index is 0.110. The summed E-state index contributed by atoms with van der Waals surface area (Å²) in [5.41, 5.74) is 1.38. The predicted molar refractivity (Wildman–Crippen MR) is 93.0 cm³/mol. The summed E-state index contributed by atoms with van der Waals surface area (Å²) in [7, 11) is -1.32. The molecule has 6 nitrogen and oxygen atoms in total. The third-order valence-electron chi connectivity index (χ3n) is 3.62. The van der Waals surface area contributed by atoms with Crippen LogP contribution in [0, 0.1) is 13.8 Å². The summed E-state index contributed by atoms with van der Waals surface area (Å²) in [5, 5.41) is 0.206. The number of benzene rings is 1. The number of hydrogen-bond donors (Lipinski definition) is 1. The van der Waals surface area contributed by atoms with Crippen molar-refractivity contribution in [3.05, 3.63) is 41.2 Å². The Kier molecular flexibility index (Phi) is 2.95. The van der Waals surface area contributed by atoms with E-state index in [1.807, 2.05) is 0 Å². The van der Waals surface area contributed by atoms with Crippen LogP contribution in [0.15, 0.2) is 29.6 Å². The number of H-pyrrole nitrogens is 1. The van der Waals surface area contributed by atoms with Crippen LogP contribution >= 0.6 is 0 Å². The Hall–Kier alpha value is -2.25. The van der Waals surface area contributed by atoms with E-state index in [9.17, 15) is 4.55 Å². The van der Waals surface area contributed by atoms with Crippen LogP contribution in [0.3, 0.4) is 0 Å². The van der Waals surface area contributed by atoms with Crippen molar-refractivity contribution in [3.8, 4) is 11.5 Å². The molecular weight excluding hydrogens is 326 g/mol. The van der Waals surface area contributed by atoms with Crippen molar-refractivity contribution in [2.75, 3.05) is 14.1 Å². The first-order valence-corrected chi connectivity index (χ1v) is 8.31. The summed E-state index contributed by atoms with van der Waals surface area (Å²) >= 11 is -1.65. The van der Waals surface area contributed by atoms with Crippen LogP contribution in [-0.4, -0.2) is 33.7 Å². The highest BCUT2D eigenvalue weighted by Gasteiger charge is 2.21. The SMILES string of the molecule is [2H]C([2H])([2H])Oc1c(C([2H])([2H])[2H])cnc(C[S+]([O-])c2nc3cc(OC)ccc3[nH]2)c1C. The van der Waals surface area contributed by atoms with Gasteiger partial charge in [0.1, 0.15) is 11.5 Å². The number of fused-ring (bicyclic) bond motifs is 1. The first-order valence-electron chi connectivity index (χ1n) is 9.99. The van der Waals surface area contributed by atoms with Crippen LogP contribution in [0.25, 0.3) is 11.0 Å². The molecule has 0 spiro atoms. The van der Waals surface area contributed by atoms with Crippen LogP contribution in [0.4, 0.5) is 0 Å². The second-order valence-corrected chi connectivity index (χ2v) is 6.46. The van der Waals surface area contributed by atoms with Gasteiger partial charge in [0.2, 0.25) is 0 Å². The molecule has 0 fully saturated rings. The summed E-state index contributed by atoms with van der Waals surface area (Å²) in [6.45, 7) is -1.13. The zero-order valence-corrected chi connectivity index (χ0v) is 13.9. The monoisotopic (exact) mass is 351 g/mol. The first kappa shape index (κ1) is 10.6. The molecule has 3 aromatic rings. The first-order chi connectivity index (χ1) is 13.9. The lowest BCUT2D eigenvalue weighted by Crippen LogP contribution is -2.10. The maximum atomic E-state index is 12.9. The quantitative estimate of drug-likeness (QED) is 0.715. The molecule has 0 aliphatic carbocycles. The van der Waals surface area contributed by atoms with Crippen molar-refractivity contribution in [1.82, 2.24) is 15.0 Å². The molecule has 0 saturated heterocycles. The maximum Gasteiger partial charge on any atom is 0.322 e. The van der Waals surface area contributed by atoms with Gasteiger partial charge in [-0.2, -0.15) is 4.98 Å². The van der Waals surface area contributed by atoms with Crippen molar-refractivity contribution in [3.63, 3.8) is 0 Å². The van der Waals surface area contributed by atoms with Gasteiger partial charge in [0.25, 0.3) is 0 Å². The Balaban J connectivity index is 1.95. The summed E-state index contributed by atoms with van der Waals surface area (Å²) in [6.07, 6.45) is 1.04. The van der Waals surface area contributed by atoms with Gasteiger partial charge < -0.3 is 14.0 Å². The Labute approximate surface area is 151 Å². The lowest BCUT2D eigenvalue weighted by atomic mass is 10.1. The van der Waals surface area contributed by atoms with Gasteiger partial charge in [-0.05, 0) is 25.9 Å². The van der Waals surface area contributed by atoms with Gasteiger partial charge in [-0.25, -0.2) is 0 Å². The van der Waals surface area contributed by atoms with Crippen LogP contribution in [0.5, 0.6) is 11.5 Å². The molecule has 126 valence electrons. The number of rotatable bonds is 5. The van der Waals surface area contributed by atoms with E-state index in [1.165, 1.54) is 14.0 Å². The molecule has 0 saturated carbocycles. The highest BCUT2D eigenvalue weighted by atomic mass is 32.2. The Bertz CT molecular complexity index is 1070. The van der Waals surface area contributed by atoms with Crippen molar-refractivity contribution in [2.45, 2.75) is 24.7 Å². The number of imidazole rings is 1. The average molecular weight is 351 g/mol. The van der Waals surface area contributed by atoms with E-state index in [-0.39, 0.29) is 33.5 Å². The van der Waals surface area contributed by atoms with Gasteiger partial charge >= 0.3 is 5.16 Å².